The van der Waals surface area contributed by atoms with Crippen molar-refractivity contribution in [1.82, 2.24) is 19.4 Å². The molecule has 108 valence electrons. The zero-order chi connectivity index (χ0) is 15.1. The predicted octanol–water partition coefficient (Wildman–Crippen LogP) is 3.09. The van der Waals surface area contributed by atoms with Gasteiger partial charge in [-0.25, -0.2) is 14.4 Å². The Kier molecular flexibility index (Phi) is 2.75. The number of aromatic nitrogens is 4. The summed E-state index contributed by atoms with van der Waals surface area (Å²) < 4.78 is 21.0. The van der Waals surface area contributed by atoms with E-state index in [4.69, 9.17) is 4.74 Å². The summed E-state index contributed by atoms with van der Waals surface area (Å²) in [6, 6.07) is 6.55. The summed E-state index contributed by atoms with van der Waals surface area (Å²) in [5, 5.41) is 0.744. The first-order valence-corrected chi connectivity index (χ1v) is 6.68. The minimum absolute atomic E-state index is 0.313. The Morgan fingerprint density at radius 1 is 1.14 bits per heavy atom. The van der Waals surface area contributed by atoms with Gasteiger partial charge in [0.25, 0.3) is 5.88 Å². The van der Waals surface area contributed by atoms with Crippen LogP contribution < -0.4 is 4.74 Å². The molecule has 0 saturated heterocycles. The molecule has 0 saturated carbocycles. The molecule has 0 atom stereocenters. The van der Waals surface area contributed by atoms with E-state index in [1.165, 1.54) is 19.2 Å². The van der Waals surface area contributed by atoms with Gasteiger partial charge in [-0.2, -0.15) is 0 Å². The summed E-state index contributed by atoms with van der Waals surface area (Å²) in [6.07, 6.45) is 6.74. The van der Waals surface area contributed by atoms with Crippen molar-refractivity contribution in [2.24, 2.45) is 0 Å². The van der Waals surface area contributed by atoms with Crippen LogP contribution in [0.25, 0.3) is 27.8 Å². The number of hydrogen-bond donors (Lipinski definition) is 0. The van der Waals surface area contributed by atoms with Crippen molar-refractivity contribution in [2.75, 3.05) is 7.11 Å². The molecule has 0 bridgehead atoms. The number of imidazole rings is 1. The second-order valence-electron chi connectivity index (χ2n) is 4.80. The average Bonchev–Trinajstić information content (AvgIpc) is 2.97. The van der Waals surface area contributed by atoms with Crippen LogP contribution in [0.1, 0.15) is 0 Å². The number of nitrogens with zero attached hydrogens (tertiary/aromatic N) is 4. The maximum absolute atomic E-state index is 13.9. The van der Waals surface area contributed by atoms with Gasteiger partial charge in [-0.3, -0.25) is 9.38 Å². The molecule has 0 aliphatic rings. The Labute approximate surface area is 125 Å². The van der Waals surface area contributed by atoms with Gasteiger partial charge in [-0.1, -0.05) is 6.07 Å². The molecule has 4 aromatic rings. The van der Waals surface area contributed by atoms with Gasteiger partial charge in [0.2, 0.25) is 5.65 Å². The fourth-order valence-electron chi connectivity index (χ4n) is 2.59. The minimum atomic E-state index is -0.313. The summed E-state index contributed by atoms with van der Waals surface area (Å²) in [4.78, 5) is 12.8. The molecule has 0 amide bonds. The van der Waals surface area contributed by atoms with Crippen molar-refractivity contribution < 1.29 is 9.13 Å². The Balaban J connectivity index is 2.08. The summed E-state index contributed by atoms with van der Waals surface area (Å²) in [6.45, 7) is 0. The molecule has 0 N–H and O–H groups in total. The summed E-state index contributed by atoms with van der Waals surface area (Å²) in [5.74, 6) is 0.105. The molecule has 0 fully saturated rings. The fourth-order valence-corrected chi connectivity index (χ4v) is 2.59. The molecule has 0 spiro atoms. The first-order chi connectivity index (χ1) is 10.8. The zero-order valence-corrected chi connectivity index (χ0v) is 11.7. The van der Waals surface area contributed by atoms with Gasteiger partial charge < -0.3 is 4.74 Å². The van der Waals surface area contributed by atoms with Crippen LogP contribution in [0, 0.1) is 5.82 Å². The third-order valence-electron chi connectivity index (χ3n) is 3.53. The zero-order valence-electron chi connectivity index (χ0n) is 11.7. The van der Waals surface area contributed by atoms with Crippen molar-refractivity contribution >= 4 is 16.6 Å². The second-order valence-corrected chi connectivity index (χ2v) is 4.80. The van der Waals surface area contributed by atoms with E-state index in [0.29, 0.717) is 17.1 Å². The fraction of sp³-hybridized carbons (Fsp3) is 0.0625. The maximum Gasteiger partial charge on any atom is 0.258 e. The first-order valence-electron chi connectivity index (χ1n) is 6.68. The summed E-state index contributed by atoms with van der Waals surface area (Å²) in [5.41, 5.74) is 2.71. The third kappa shape index (κ3) is 1.81. The smallest absolute Gasteiger partial charge is 0.258 e. The van der Waals surface area contributed by atoms with Gasteiger partial charge in [-0.15, -0.1) is 0 Å². The predicted molar refractivity (Wildman–Crippen MR) is 80.2 cm³/mol. The SMILES string of the molecule is COc1nccn2c(-c3cc(F)cc4cccnc34)cnc12. The summed E-state index contributed by atoms with van der Waals surface area (Å²) >= 11 is 0. The van der Waals surface area contributed by atoms with Crippen LogP contribution in [0.3, 0.4) is 0 Å². The number of fused-ring (bicyclic) bond motifs is 2. The third-order valence-corrected chi connectivity index (χ3v) is 3.53. The molecular weight excluding hydrogens is 283 g/mol. The highest BCUT2D eigenvalue weighted by molar-refractivity contribution is 5.93. The molecule has 3 heterocycles. The molecule has 1 aromatic carbocycles. The monoisotopic (exact) mass is 294 g/mol. The Bertz CT molecular complexity index is 996. The van der Waals surface area contributed by atoms with E-state index in [2.05, 4.69) is 15.0 Å². The van der Waals surface area contributed by atoms with Crippen molar-refractivity contribution in [1.29, 1.82) is 0 Å². The number of rotatable bonds is 2. The van der Waals surface area contributed by atoms with Gasteiger partial charge in [0.15, 0.2) is 0 Å². The lowest BCUT2D eigenvalue weighted by atomic mass is 10.1. The molecule has 3 aromatic heterocycles. The molecule has 5 nitrogen and oxygen atoms in total. The standard InChI is InChI=1S/C16H11FN4O/c1-22-16-15-20-9-13(21(15)6-5-19-16)12-8-11(17)7-10-3-2-4-18-14(10)12/h2-9H,1H3. The Morgan fingerprint density at radius 2 is 2.05 bits per heavy atom. The van der Waals surface area contributed by atoms with E-state index in [1.54, 1.807) is 30.9 Å². The minimum Gasteiger partial charge on any atom is -0.478 e. The van der Waals surface area contributed by atoms with Gasteiger partial charge >= 0.3 is 0 Å². The lowest BCUT2D eigenvalue weighted by molar-refractivity contribution is 0.400. The number of benzene rings is 1. The highest BCUT2D eigenvalue weighted by atomic mass is 19.1. The van der Waals surface area contributed by atoms with E-state index in [-0.39, 0.29) is 5.82 Å². The molecule has 0 radical (unpaired) electrons. The molecule has 0 unspecified atom stereocenters. The van der Waals surface area contributed by atoms with E-state index in [1.807, 2.05) is 10.5 Å². The quantitative estimate of drug-likeness (QED) is 0.570. The van der Waals surface area contributed by atoms with Crippen molar-refractivity contribution in [3.05, 3.63) is 54.9 Å². The highest BCUT2D eigenvalue weighted by Gasteiger charge is 2.14. The van der Waals surface area contributed by atoms with Crippen LogP contribution in [0.2, 0.25) is 0 Å². The lowest BCUT2D eigenvalue weighted by Gasteiger charge is -2.07. The lowest BCUT2D eigenvalue weighted by Crippen LogP contribution is -1.95. The van der Waals surface area contributed by atoms with Crippen LogP contribution in [0.15, 0.2) is 49.1 Å². The first kappa shape index (κ1) is 12.7. The van der Waals surface area contributed by atoms with Gasteiger partial charge in [0.05, 0.1) is 24.5 Å². The topological polar surface area (TPSA) is 52.3 Å². The number of ether oxygens (including phenoxy) is 1. The number of methoxy groups -OCH3 is 1. The molecule has 0 aliphatic heterocycles. The van der Waals surface area contributed by atoms with Gasteiger partial charge in [0.1, 0.15) is 5.82 Å². The maximum atomic E-state index is 13.9. The summed E-state index contributed by atoms with van der Waals surface area (Å²) in [7, 11) is 1.54. The van der Waals surface area contributed by atoms with Crippen LogP contribution in [0.4, 0.5) is 4.39 Å². The molecular formula is C16H11FN4O. The number of hydrogen-bond acceptors (Lipinski definition) is 4. The van der Waals surface area contributed by atoms with E-state index in [9.17, 15) is 4.39 Å². The van der Waals surface area contributed by atoms with Gasteiger partial charge in [-0.05, 0) is 18.2 Å². The van der Waals surface area contributed by atoms with Crippen molar-refractivity contribution in [2.45, 2.75) is 0 Å². The van der Waals surface area contributed by atoms with E-state index >= 15 is 0 Å². The van der Waals surface area contributed by atoms with E-state index < -0.39 is 0 Å². The van der Waals surface area contributed by atoms with Crippen LogP contribution in [-0.4, -0.2) is 26.5 Å². The van der Waals surface area contributed by atoms with Crippen molar-refractivity contribution in [3.63, 3.8) is 0 Å². The van der Waals surface area contributed by atoms with Crippen LogP contribution >= 0.6 is 0 Å². The van der Waals surface area contributed by atoms with Crippen molar-refractivity contribution in [3.8, 4) is 17.1 Å². The van der Waals surface area contributed by atoms with Crippen LogP contribution in [-0.2, 0) is 0 Å². The second kappa shape index (κ2) is 4.77. The molecule has 22 heavy (non-hydrogen) atoms. The number of pyridine rings is 1. The Hall–Kier alpha value is -3.02. The van der Waals surface area contributed by atoms with E-state index in [0.717, 1.165) is 16.6 Å². The average molecular weight is 294 g/mol. The highest BCUT2D eigenvalue weighted by Crippen LogP contribution is 2.30. The molecule has 6 heteroatoms. The van der Waals surface area contributed by atoms with Gasteiger partial charge in [0, 0.05) is 29.5 Å². The molecule has 0 aliphatic carbocycles. The number of halogens is 1. The molecule has 4 rings (SSSR count). The largest absolute Gasteiger partial charge is 0.478 e. The normalized spacial score (nSPS) is 11.2. The Morgan fingerprint density at radius 3 is 2.91 bits per heavy atom. The van der Waals surface area contributed by atoms with Crippen LogP contribution in [0.5, 0.6) is 5.88 Å².